The number of benzene rings is 2. The molecule has 0 aliphatic carbocycles. The lowest BCUT2D eigenvalue weighted by atomic mass is 10.2. The second-order valence-electron chi connectivity index (χ2n) is 5.23. The van der Waals surface area contributed by atoms with E-state index in [0.717, 1.165) is 6.07 Å². The Balaban J connectivity index is 1.87. The first-order valence-electron chi connectivity index (χ1n) is 7.70. The van der Waals surface area contributed by atoms with Crippen LogP contribution in [0, 0.1) is 0 Å². The molecule has 0 radical (unpaired) electrons. The fraction of sp³-hybridized carbons (Fsp3) is 0.105. The second-order valence-corrected chi connectivity index (χ2v) is 5.23. The molecule has 0 aliphatic heterocycles. The third kappa shape index (κ3) is 3.58. The molecule has 0 spiro atoms. The van der Waals surface area contributed by atoms with Crippen molar-refractivity contribution in [3.8, 4) is 0 Å². The van der Waals surface area contributed by atoms with Gasteiger partial charge in [-0.25, -0.2) is 4.79 Å². The van der Waals surface area contributed by atoms with Gasteiger partial charge in [0.2, 0.25) is 0 Å². The van der Waals surface area contributed by atoms with Gasteiger partial charge in [0.1, 0.15) is 5.58 Å². The van der Waals surface area contributed by atoms with Gasteiger partial charge in [-0.2, -0.15) is 0 Å². The molecular weight excluding hydrogens is 322 g/mol. The van der Waals surface area contributed by atoms with Gasteiger partial charge in [0, 0.05) is 11.8 Å². The largest absolute Gasteiger partial charge is 0.462 e. The molecule has 1 amide bonds. The molecule has 0 bridgehead atoms. The molecule has 6 nitrogen and oxygen atoms in total. The van der Waals surface area contributed by atoms with Crippen LogP contribution in [0.25, 0.3) is 11.0 Å². The molecule has 3 aromatic rings. The van der Waals surface area contributed by atoms with Crippen LogP contribution in [0.5, 0.6) is 0 Å². The summed E-state index contributed by atoms with van der Waals surface area (Å²) in [7, 11) is 0. The van der Waals surface area contributed by atoms with Gasteiger partial charge >= 0.3 is 5.97 Å². The monoisotopic (exact) mass is 337 g/mol. The first-order valence-corrected chi connectivity index (χ1v) is 7.70. The van der Waals surface area contributed by atoms with Crippen LogP contribution in [0.3, 0.4) is 0 Å². The summed E-state index contributed by atoms with van der Waals surface area (Å²) < 4.78 is 10.4. The maximum atomic E-state index is 12.4. The van der Waals surface area contributed by atoms with Crippen LogP contribution in [0.15, 0.2) is 63.8 Å². The standard InChI is InChI=1S/C19H15NO5/c1-2-24-19(23)12-6-5-7-13(10-12)20-18(22)17-11-15(21)14-8-3-4-9-16(14)25-17/h3-11H,2H2,1H3,(H,20,22). The minimum atomic E-state index is -0.580. The van der Waals surface area contributed by atoms with Crippen molar-refractivity contribution in [2.45, 2.75) is 6.92 Å². The average molecular weight is 337 g/mol. The van der Waals surface area contributed by atoms with Gasteiger partial charge in [0.05, 0.1) is 17.6 Å². The van der Waals surface area contributed by atoms with Crippen molar-refractivity contribution in [1.82, 2.24) is 0 Å². The summed E-state index contributed by atoms with van der Waals surface area (Å²) in [6.07, 6.45) is 0. The summed E-state index contributed by atoms with van der Waals surface area (Å²) in [5, 5.41) is 3.01. The van der Waals surface area contributed by atoms with Crippen LogP contribution < -0.4 is 10.7 Å². The molecular formula is C19H15NO5. The summed E-state index contributed by atoms with van der Waals surface area (Å²) in [5.74, 6) is -1.16. The quantitative estimate of drug-likeness (QED) is 0.739. The number of hydrogen-bond donors (Lipinski definition) is 1. The number of fused-ring (bicyclic) bond motifs is 1. The fourth-order valence-corrected chi connectivity index (χ4v) is 2.35. The van der Waals surface area contributed by atoms with E-state index in [4.69, 9.17) is 9.15 Å². The van der Waals surface area contributed by atoms with E-state index < -0.39 is 11.9 Å². The summed E-state index contributed by atoms with van der Waals surface area (Å²) in [6.45, 7) is 1.98. The zero-order chi connectivity index (χ0) is 17.8. The molecule has 25 heavy (non-hydrogen) atoms. The first-order chi connectivity index (χ1) is 12.1. The Morgan fingerprint density at radius 2 is 1.88 bits per heavy atom. The predicted octanol–water partition coefficient (Wildman–Crippen LogP) is 3.22. The molecule has 0 saturated carbocycles. The molecule has 0 atom stereocenters. The van der Waals surface area contributed by atoms with Crippen LogP contribution in [-0.4, -0.2) is 18.5 Å². The number of para-hydroxylation sites is 1. The Bertz CT molecular complexity index is 1010. The van der Waals surface area contributed by atoms with Crippen molar-refractivity contribution in [3.63, 3.8) is 0 Å². The number of anilines is 1. The summed E-state index contributed by atoms with van der Waals surface area (Å²) in [5.41, 5.74) is 0.749. The Kier molecular flexibility index (Phi) is 4.61. The van der Waals surface area contributed by atoms with Crippen molar-refractivity contribution in [1.29, 1.82) is 0 Å². The number of nitrogens with one attached hydrogen (secondary N) is 1. The fourth-order valence-electron chi connectivity index (χ4n) is 2.35. The first kappa shape index (κ1) is 16.4. The van der Waals surface area contributed by atoms with E-state index in [9.17, 15) is 14.4 Å². The van der Waals surface area contributed by atoms with Crippen LogP contribution in [-0.2, 0) is 4.74 Å². The van der Waals surface area contributed by atoms with Gasteiger partial charge in [-0.3, -0.25) is 9.59 Å². The minimum absolute atomic E-state index is 0.106. The minimum Gasteiger partial charge on any atom is -0.462 e. The summed E-state index contributed by atoms with van der Waals surface area (Å²) in [6, 6.07) is 14.2. The maximum absolute atomic E-state index is 12.4. The number of carbonyl (C=O) groups excluding carboxylic acids is 2. The molecule has 0 saturated heterocycles. The molecule has 0 unspecified atom stereocenters. The van der Waals surface area contributed by atoms with Crippen LogP contribution >= 0.6 is 0 Å². The Morgan fingerprint density at radius 3 is 2.68 bits per heavy atom. The van der Waals surface area contributed by atoms with Gasteiger partial charge < -0.3 is 14.5 Å². The summed E-state index contributed by atoms with van der Waals surface area (Å²) in [4.78, 5) is 36.2. The molecule has 1 aromatic heterocycles. The van der Waals surface area contributed by atoms with E-state index in [1.807, 2.05) is 0 Å². The van der Waals surface area contributed by atoms with Crippen molar-refractivity contribution in [2.75, 3.05) is 11.9 Å². The second kappa shape index (κ2) is 7.00. The van der Waals surface area contributed by atoms with E-state index in [2.05, 4.69) is 5.32 Å². The lowest BCUT2D eigenvalue weighted by molar-refractivity contribution is 0.0526. The maximum Gasteiger partial charge on any atom is 0.338 e. The van der Waals surface area contributed by atoms with Crippen molar-refractivity contribution < 1.29 is 18.7 Å². The molecule has 126 valence electrons. The van der Waals surface area contributed by atoms with Gasteiger partial charge in [-0.05, 0) is 37.3 Å². The topological polar surface area (TPSA) is 85.6 Å². The third-order valence-corrected chi connectivity index (χ3v) is 3.49. The highest BCUT2D eigenvalue weighted by Gasteiger charge is 2.14. The van der Waals surface area contributed by atoms with E-state index >= 15 is 0 Å². The number of rotatable bonds is 4. The van der Waals surface area contributed by atoms with Crippen molar-refractivity contribution >= 4 is 28.5 Å². The van der Waals surface area contributed by atoms with Crippen molar-refractivity contribution in [2.24, 2.45) is 0 Å². The SMILES string of the molecule is CCOC(=O)c1cccc(NC(=O)c2cc(=O)c3ccccc3o2)c1. The Hall–Kier alpha value is -3.41. The van der Waals surface area contributed by atoms with E-state index in [-0.39, 0.29) is 17.8 Å². The third-order valence-electron chi connectivity index (χ3n) is 3.49. The highest BCUT2D eigenvalue weighted by Crippen LogP contribution is 2.15. The van der Waals surface area contributed by atoms with Crippen LogP contribution in [0.1, 0.15) is 27.8 Å². The van der Waals surface area contributed by atoms with Crippen molar-refractivity contribution in [3.05, 3.63) is 76.1 Å². The van der Waals surface area contributed by atoms with Gasteiger partial charge in [-0.15, -0.1) is 0 Å². The van der Waals surface area contributed by atoms with Crippen LogP contribution in [0.2, 0.25) is 0 Å². The highest BCUT2D eigenvalue weighted by atomic mass is 16.5. The lowest BCUT2D eigenvalue weighted by Gasteiger charge is -2.07. The smallest absolute Gasteiger partial charge is 0.338 e. The zero-order valence-corrected chi connectivity index (χ0v) is 13.4. The summed E-state index contributed by atoms with van der Waals surface area (Å²) >= 11 is 0. The number of hydrogen-bond acceptors (Lipinski definition) is 5. The molecule has 3 rings (SSSR count). The number of carbonyl (C=O) groups is 2. The molecule has 6 heteroatoms. The van der Waals surface area contributed by atoms with Gasteiger partial charge in [-0.1, -0.05) is 18.2 Å². The van der Waals surface area contributed by atoms with Crippen LogP contribution in [0.4, 0.5) is 5.69 Å². The van der Waals surface area contributed by atoms with E-state index in [1.54, 1.807) is 49.4 Å². The Labute approximate surface area is 143 Å². The molecule has 1 heterocycles. The number of amides is 1. The molecule has 0 fully saturated rings. The predicted molar refractivity (Wildman–Crippen MR) is 92.8 cm³/mol. The molecule has 0 aliphatic rings. The molecule has 1 N–H and O–H groups in total. The number of ether oxygens (including phenoxy) is 1. The van der Waals surface area contributed by atoms with Gasteiger partial charge in [0.25, 0.3) is 5.91 Å². The highest BCUT2D eigenvalue weighted by molar-refractivity contribution is 6.03. The zero-order valence-electron chi connectivity index (χ0n) is 13.4. The number of esters is 1. The molecule has 2 aromatic carbocycles. The Morgan fingerprint density at radius 1 is 1.08 bits per heavy atom. The normalized spacial score (nSPS) is 10.4. The van der Waals surface area contributed by atoms with E-state index in [1.165, 1.54) is 6.07 Å². The lowest BCUT2D eigenvalue weighted by Crippen LogP contribution is -2.15. The van der Waals surface area contributed by atoms with E-state index in [0.29, 0.717) is 22.2 Å². The average Bonchev–Trinajstić information content (AvgIpc) is 2.62. The van der Waals surface area contributed by atoms with Gasteiger partial charge in [0.15, 0.2) is 11.2 Å².